The zero-order chi connectivity index (χ0) is 16.4. The van der Waals surface area contributed by atoms with Gasteiger partial charge >= 0.3 is 5.97 Å². The van der Waals surface area contributed by atoms with E-state index in [1.54, 1.807) is 0 Å². The van der Waals surface area contributed by atoms with Gasteiger partial charge in [0.05, 0.1) is 5.41 Å². The van der Waals surface area contributed by atoms with E-state index < -0.39 is 11.4 Å². The molecule has 0 aromatic heterocycles. The van der Waals surface area contributed by atoms with Crippen molar-refractivity contribution in [3.05, 3.63) is 70.7 Å². The third-order valence-electron chi connectivity index (χ3n) is 4.77. The minimum absolute atomic E-state index is 0.0408. The first kappa shape index (κ1) is 16.0. The summed E-state index contributed by atoms with van der Waals surface area (Å²) in [6.07, 6.45) is 0. The summed E-state index contributed by atoms with van der Waals surface area (Å²) >= 11 is 5.96. The van der Waals surface area contributed by atoms with Crippen LogP contribution >= 0.6 is 11.6 Å². The summed E-state index contributed by atoms with van der Waals surface area (Å²) in [5.74, 6) is -0.783. The average Bonchev–Trinajstić information content (AvgIpc) is 2.87. The van der Waals surface area contributed by atoms with Gasteiger partial charge in [0.25, 0.3) is 0 Å². The molecule has 1 fully saturated rings. The summed E-state index contributed by atoms with van der Waals surface area (Å²) in [5, 5.41) is 10.5. The minimum atomic E-state index is -0.789. The number of rotatable bonds is 4. The van der Waals surface area contributed by atoms with E-state index in [0.717, 1.165) is 18.7 Å². The number of nitrogens with zero attached hydrogens (tertiary/aromatic N) is 1. The number of hydrogen-bond donors (Lipinski definition) is 1. The molecule has 0 radical (unpaired) electrons. The highest BCUT2D eigenvalue weighted by Gasteiger charge is 2.49. The maximum absolute atomic E-state index is 11.9. The Kier molecular flexibility index (Phi) is 4.42. The Morgan fingerprint density at radius 1 is 1.22 bits per heavy atom. The highest BCUT2D eigenvalue weighted by Crippen LogP contribution is 2.43. The fraction of sp³-hybridized carbons (Fsp3) is 0.316. The zero-order valence-corrected chi connectivity index (χ0v) is 13.8. The van der Waals surface area contributed by atoms with Crippen LogP contribution < -0.4 is 0 Å². The number of aliphatic carboxylic acids is 1. The molecule has 1 saturated heterocycles. The normalized spacial score (nSPS) is 24.7. The van der Waals surface area contributed by atoms with Crippen molar-refractivity contribution in [1.82, 2.24) is 4.90 Å². The lowest BCUT2D eigenvalue weighted by Gasteiger charge is -2.26. The second-order valence-corrected chi connectivity index (χ2v) is 6.92. The smallest absolute Gasteiger partial charge is 0.311 e. The molecule has 2 atom stereocenters. The Labute approximate surface area is 141 Å². The Balaban J connectivity index is 1.85. The molecule has 1 N–H and O–H groups in total. The van der Waals surface area contributed by atoms with Gasteiger partial charge in [0.15, 0.2) is 0 Å². The summed E-state index contributed by atoms with van der Waals surface area (Å²) in [4.78, 5) is 14.1. The lowest BCUT2D eigenvalue weighted by molar-refractivity contribution is -0.148. The number of carbonyl (C=O) groups is 1. The first-order valence-electron chi connectivity index (χ1n) is 7.74. The minimum Gasteiger partial charge on any atom is -0.481 e. The van der Waals surface area contributed by atoms with Crippen LogP contribution in [0.2, 0.25) is 5.02 Å². The highest BCUT2D eigenvalue weighted by molar-refractivity contribution is 6.30. The van der Waals surface area contributed by atoms with Crippen molar-refractivity contribution in [3.8, 4) is 0 Å². The number of halogens is 1. The van der Waals surface area contributed by atoms with Crippen LogP contribution in [0.15, 0.2) is 54.6 Å². The summed E-state index contributed by atoms with van der Waals surface area (Å²) in [7, 11) is 0. The molecule has 0 amide bonds. The molecule has 0 saturated carbocycles. The van der Waals surface area contributed by atoms with Gasteiger partial charge in [0, 0.05) is 30.6 Å². The maximum atomic E-state index is 11.9. The summed E-state index contributed by atoms with van der Waals surface area (Å²) in [6, 6.07) is 17.7. The lowest BCUT2D eigenvalue weighted by atomic mass is 9.76. The Bertz CT molecular complexity index is 686. The third kappa shape index (κ3) is 3.26. The van der Waals surface area contributed by atoms with Gasteiger partial charge in [-0.25, -0.2) is 0 Å². The maximum Gasteiger partial charge on any atom is 0.311 e. The summed E-state index contributed by atoms with van der Waals surface area (Å²) in [5.41, 5.74) is 1.45. The summed E-state index contributed by atoms with van der Waals surface area (Å²) < 4.78 is 0. The standard InChI is InChI=1S/C19H20ClNO2/c1-19(18(22)23)13-21(11-14-5-3-2-4-6-14)12-17(19)15-7-9-16(20)10-8-15/h2-10,17H,11-13H2,1H3,(H,22,23)/t17-,19+/m1/s1. The van der Waals surface area contributed by atoms with Gasteiger partial charge in [0.1, 0.15) is 0 Å². The first-order chi connectivity index (χ1) is 11.0. The average molecular weight is 330 g/mol. The van der Waals surface area contributed by atoms with Crippen molar-refractivity contribution in [2.75, 3.05) is 13.1 Å². The van der Waals surface area contributed by atoms with Crippen LogP contribution in [-0.4, -0.2) is 29.1 Å². The molecular weight excluding hydrogens is 310 g/mol. The molecule has 2 aromatic rings. The van der Waals surface area contributed by atoms with Crippen molar-refractivity contribution in [2.24, 2.45) is 5.41 Å². The second-order valence-electron chi connectivity index (χ2n) is 6.48. The molecule has 0 unspecified atom stereocenters. The zero-order valence-electron chi connectivity index (χ0n) is 13.1. The van der Waals surface area contributed by atoms with Crippen molar-refractivity contribution in [3.63, 3.8) is 0 Å². The predicted octanol–water partition coefficient (Wildman–Crippen LogP) is 4.03. The van der Waals surface area contributed by atoms with Crippen LogP contribution in [0, 0.1) is 5.41 Å². The van der Waals surface area contributed by atoms with Crippen LogP contribution in [0.1, 0.15) is 24.0 Å². The molecular formula is C19H20ClNO2. The molecule has 3 nitrogen and oxygen atoms in total. The van der Waals surface area contributed by atoms with Crippen molar-refractivity contribution in [1.29, 1.82) is 0 Å². The first-order valence-corrected chi connectivity index (χ1v) is 8.12. The van der Waals surface area contributed by atoms with Crippen molar-refractivity contribution >= 4 is 17.6 Å². The molecule has 0 spiro atoms. The van der Waals surface area contributed by atoms with E-state index in [-0.39, 0.29) is 5.92 Å². The Morgan fingerprint density at radius 2 is 1.87 bits per heavy atom. The second kappa shape index (κ2) is 6.34. The highest BCUT2D eigenvalue weighted by atomic mass is 35.5. The number of likely N-dealkylation sites (tertiary alicyclic amines) is 1. The van der Waals surface area contributed by atoms with Gasteiger partial charge in [-0.3, -0.25) is 9.69 Å². The lowest BCUT2D eigenvalue weighted by Crippen LogP contribution is -2.35. The van der Waals surface area contributed by atoms with E-state index in [9.17, 15) is 9.90 Å². The van der Waals surface area contributed by atoms with Gasteiger partial charge in [-0.05, 0) is 30.2 Å². The molecule has 0 bridgehead atoms. The largest absolute Gasteiger partial charge is 0.481 e. The van der Waals surface area contributed by atoms with Crippen LogP contribution in [0.25, 0.3) is 0 Å². The van der Waals surface area contributed by atoms with E-state index in [1.807, 2.05) is 49.4 Å². The molecule has 23 heavy (non-hydrogen) atoms. The number of benzene rings is 2. The van der Waals surface area contributed by atoms with E-state index in [4.69, 9.17) is 11.6 Å². The third-order valence-corrected chi connectivity index (χ3v) is 5.02. The summed E-state index contributed by atoms with van der Waals surface area (Å²) in [6.45, 7) is 3.90. The van der Waals surface area contributed by atoms with Crippen LogP contribution in [-0.2, 0) is 11.3 Å². The topological polar surface area (TPSA) is 40.5 Å². The molecule has 1 heterocycles. The quantitative estimate of drug-likeness (QED) is 0.920. The number of carboxylic acids is 1. The Hall–Kier alpha value is -1.84. The van der Waals surface area contributed by atoms with E-state index in [0.29, 0.717) is 11.6 Å². The van der Waals surface area contributed by atoms with Gasteiger partial charge in [0.2, 0.25) is 0 Å². The van der Waals surface area contributed by atoms with Crippen molar-refractivity contribution in [2.45, 2.75) is 19.4 Å². The van der Waals surface area contributed by atoms with Gasteiger partial charge in [-0.2, -0.15) is 0 Å². The molecule has 1 aliphatic heterocycles. The predicted molar refractivity (Wildman–Crippen MR) is 91.7 cm³/mol. The fourth-order valence-corrected chi connectivity index (χ4v) is 3.57. The molecule has 4 heteroatoms. The van der Waals surface area contributed by atoms with E-state index in [2.05, 4.69) is 17.0 Å². The molecule has 0 aliphatic carbocycles. The van der Waals surface area contributed by atoms with Gasteiger partial charge in [-0.15, -0.1) is 0 Å². The molecule has 3 rings (SSSR count). The SMILES string of the molecule is C[C@]1(C(=O)O)CN(Cc2ccccc2)C[C@@H]1c1ccc(Cl)cc1. The Morgan fingerprint density at radius 3 is 2.48 bits per heavy atom. The van der Waals surface area contributed by atoms with Crippen LogP contribution in [0.4, 0.5) is 0 Å². The molecule has 120 valence electrons. The monoisotopic (exact) mass is 329 g/mol. The van der Waals surface area contributed by atoms with Gasteiger partial charge in [-0.1, -0.05) is 54.1 Å². The van der Waals surface area contributed by atoms with E-state index in [1.165, 1.54) is 5.56 Å². The molecule has 1 aliphatic rings. The number of hydrogen-bond acceptors (Lipinski definition) is 2. The number of carboxylic acid groups (broad SMARTS) is 1. The van der Waals surface area contributed by atoms with Crippen molar-refractivity contribution < 1.29 is 9.90 Å². The van der Waals surface area contributed by atoms with E-state index >= 15 is 0 Å². The van der Waals surface area contributed by atoms with Crippen LogP contribution in [0.3, 0.4) is 0 Å². The molecule has 2 aromatic carbocycles. The van der Waals surface area contributed by atoms with Gasteiger partial charge < -0.3 is 5.11 Å². The fourth-order valence-electron chi connectivity index (χ4n) is 3.45. The van der Waals surface area contributed by atoms with Crippen LogP contribution in [0.5, 0.6) is 0 Å².